The van der Waals surface area contributed by atoms with Crippen LogP contribution in [0.15, 0.2) is 35.3 Å². The van der Waals surface area contributed by atoms with Gasteiger partial charge in [-0.05, 0) is 12.5 Å². The van der Waals surface area contributed by atoms with Gasteiger partial charge in [-0.25, -0.2) is 8.42 Å². The van der Waals surface area contributed by atoms with Crippen LogP contribution < -0.4 is 10.6 Å². The molecule has 0 saturated heterocycles. The summed E-state index contributed by atoms with van der Waals surface area (Å²) in [6.45, 7) is 5.50. The Morgan fingerprint density at radius 2 is 1.88 bits per heavy atom. The Kier molecular flexibility index (Phi) is 8.78. The first-order valence-electron chi connectivity index (χ1n) is 8.11. The topological polar surface area (TPSA) is 79.8 Å². The van der Waals surface area contributed by atoms with Crippen molar-refractivity contribution in [2.24, 2.45) is 4.99 Å². The number of nitrogens with one attached hydrogen (secondary N) is 2. The highest BCUT2D eigenvalue weighted by molar-refractivity contribution is 7.90. The number of aliphatic imine (C=N–C) groups is 1. The zero-order valence-electron chi connectivity index (χ0n) is 15.0. The standard InChI is InChI=1S/C17H29N3O3S/c1-14(16-8-6-5-7-9-16)15(2)20-17(18-3)19-10-11-23-12-13-24(4,21)22/h5-9,14-15H,10-13H2,1-4H3,(H2,18,19,20). The predicted molar refractivity (Wildman–Crippen MR) is 99.3 cm³/mol. The van der Waals surface area contributed by atoms with Gasteiger partial charge in [0.15, 0.2) is 5.96 Å². The normalized spacial score (nSPS) is 14.9. The first kappa shape index (κ1) is 20.4. The summed E-state index contributed by atoms with van der Waals surface area (Å²) in [7, 11) is -1.24. The lowest BCUT2D eigenvalue weighted by molar-refractivity contribution is 0.154. The predicted octanol–water partition coefficient (Wildman–Crippen LogP) is 1.40. The number of benzene rings is 1. The highest BCUT2D eigenvalue weighted by Gasteiger charge is 2.15. The minimum atomic E-state index is -2.97. The van der Waals surface area contributed by atoms with Crippen molar-refractivity contribution < 1.29 is 13.2 Å². The molecule has 0 heterocycles. The molecule has 0 spiro atoms. The third kappa shape index (κ3) is 8.31. The van der Waals surface area contributed by atoms with E-state index in [1.807, 2.05) is 18.2 Å². The highest BCUT2D eigenvalue weighted by Crippen LogP contribution is 2.18. The number of guanidine groups is 1. The van der Waals surface area contributed by atoms with Crippen LogP contribution >= 0.6 is 0 Å². The maximum Gasteiger partial charge on any atom is 0.191 e. The molecule has 0 aromatic heterocycles. The van der Waals surface area contributed by atoms with Gasteiger partial charge in [0.05, 0.1) is 19.0 Å². The van der Waals surface area contributed by atoms with Crippen molar-refractivity contribution in [2.45, 2.75) is 25.8 Å². The molecular formula is C17H29N3O3S. The Hall–Kier alpha value is -1.60. The molecule has 0 aliphatic carbocycles. The van der Waals surface area contributed by atoms with Crippen molar-refractivity contribution in [1.29, 1.82) is 0 Å². The van der Waals surface area contributed by atoms with Crippen molar-refractivity contribution in [3.8, 4) is 0 Å². The molecule has 2 atom stereocenters. The smallest absolute Gasteiger partial charge is 0.191 e. The van der Waals surface area contributed by atoms with E-state index < -0.39 is 9.84 Å². The molecule has 0 aliphatic heterocycles. The summed E-state index contributed by atoms with van der Waals surface area (Å²) in [6.07, 6.45) is 1.20. The number of rotatable bonds is 9. The van der Waals surface area contributed by atoms with Crippen LogP contribution in [-0.4, -0.2) is 59.2 Å². The summed E-state index contributed by atoms with van der Waals surface area (Å²) in [5.74, 6) is 1.10. The Balaban J connectivity index is 2.32. The molecule has 2 N–H and O–H groups in total. The van der Waals surface area contributed by atoms with E-state index in [1.165, 1.54) is 11.8 Å². The zero-order valence-corrected chi connectivity index (χ0v) is 15.8. The van der Waals surface area contributed by atoms with Crippen LogP contribution in [0.3, 0.4) is 0 Å². The van der Waals surface area contributed by atoms with Crippen LogP contribution in [0.4, 0.5) is 0 Å². The van der Waals surface area contributed by atoms with Gasteiger partial charge in [-0.15, -0.1) is 0 Å². The van der Waals surface area contributed by atoms with Gasteiger partial charge in [-0.2, -0.15) is 0 Å². The first-order chi connectivity index (χ1) is 11.3. The second-order valence-electron chi connectivity index (χ2n) is 5.87. The molecule has 0 fully saturated rings. The van der Waals surface area contributed by atoms with Gasteiger partial charge in [-0.1, -0.05) is 37.3 Å². The van der Waals surface area contributed by atoms with Crippen LogP contribution in [0.2, 0.25) is 0 Å². The van der Waals surface area contributed by atoms with Gasteiger partial charge in [0, 0.05) is 31.8 Å². The van der Waals surface area contributed by atoms with E-state index in [0.717, 1.165) is 0 Å². The van der Waals surface area contributed by atoms with Gasteiger partial charge < -0.3 is 15.4 Å². The molecule has 0 bridgehead atoms. The van der Waals surface area contributed by atoms with Gasteiger partial charge in [-0.3, -0.25) is 4.99 Å². The van der Waals surface area contributed by atoms with Crippen molar-refractivity contribution in [2.75, 3.05) is 38.8 Å². The fourth-order valence-corrected chi connectivity index (χ4v) is 2.56. The van der Waals surface area contributed by atoms with E-state index in [0.29, 0.717) is 25.0 Å². The number of hydrogen-bond acceptors (Lipinski definition) is 4. The lowest BCUT2D eigenvalue weighted by Gasteiger charge is -2.24. The van der Waals surface area contributed by atoms with Crippen molar-refractivity contribution in [1.82, 2.24) is 10.6 Å². The Labute approximate surface area is 145 Å². The molecule has 0 amide bonds. The number of ether oxygens (including phenoxy) is 1. The second kappa shape index (κ2) is 10.3. The van der Waals surface area contributed by atoms with E-state index in [-0.39, 0.29) is 18.4 Å². The molecule has 2 unspecified atom stereocenters. The van der Waals surface area contributed by atoms with Gasteiger partial charge in [0.2, 0.25) is 0 Å². The summed E-state index contributed by atoms with van der Waals surface area (Å²) in [4.78, 5) is 4.20. The molecule has 7 heteroatoms. The van der Waals surface area contributed by atoms with Crippen LogP contribution in [0.1, 0.15) is 25.3 Å². The van der Waals surface area contributed by atoms with Crippen LogP contribution in [0, 0.1) is 0 Å². The number of sulfone groups is 1. The zero-order chi connectivity index (χ0) is 18.0. The minimum Gasteiger partial charge on any atom is -0.379 e. The molecule has 0 radical (unpaired) electrons. The largest absolute Gasteiger partial charge is 0.379 e. The lowest BCUT2D eigenvalue weighted by atomic mass is 9.94. The van der Waals surface area contributed by atoms with E-state index in [4.69, 9.17) is 4.74 Å². The summed E-state index contributed by atoms with van der Waals surface area (Å²) >= 11 is 0. The molecule has 24 heavy (non-hydrogen) atoms. The maximum absolute atomic E-state index is 11.0. The molecule has 1 aromatic rings. The lowest BCUT2D eigenvalue weighted by Crippen LogP contribution is -2.45. The molecule has 1 aromatic carbocycles. The average molecular weight is 356 g/mol. The van der Waals surface area contributed by atoms with Gasteiger partial charge in [0.1, 0.15) is 9.84 Å². The molecule has 1 rings (SSSR count). The summed E-state index contributed by atoms with van der Waals surface area (Å²) in [6, 6.07) is 10.5. The number of hydrogen-bond donors (Lipinski definition) is 2. The first-order valence-corrected chi connectivity index (χ1v) is 10.2. The SMILES string of the molecule is CN=C(NCCOCCS(C)(=O)=O)NC(C)C(C)c1ccccc1. The monoisotopic (exact) mass is 355 g/mol. The van der Waals surface area contributed by atoms with E-state index >= 15 is 0 Å². The second-order valence-corrected chi connectivity index (χ2v) is 8.13. The van der Waals surface area contributed by atoms with Crippen molar-refractivity contribution in [3.05, 3.63) is 35.9 Å². The maximum atomic E-state index is 11.0. The minimum absolute atomic E-state index is 0.0472. The highest BCUT2D eigenvalue weighted by atomic mass is 32.2. The summed E-state index contributed by atoms with van der Waals surface area (Å²) in [5.41, 5.74) is 1.28. The van der Waals surface area contributed by atoms with Crippen molar-refractivity contribution >= 4 is 15.8 Å². The molecular weight excluding hydrogens is 326 g/mol. The Morgan fingerprint density at radius 3 is 2.46 bits per heavy atom. The third-order valence-corrected chi connectivity index (χ3v) is 4.71. The van der Waals surface area contributed by atoms with E-state index in [2.05, 4.69) is 41.6 Å². The Morgan fingerprint density at radius 1 is 1.21 bits per heavy atom. The molecule has 0 saturated carbocycles. The van der Waals surface area contributed by atoms with Crippen LogP contribution in [0.25, 0.3) is 0 Å². The van der Waals surface area contributed by atoms with Crippen LogP contribution in [0.5, 0.6) is 0 Å². The summed E-state index contributed by atoms with van der Waals surface area (Å²) in [5, 5.41) is 6.54. The van der Waals surface area contributed by atoms with E-state index in [1.54, 1.807) is 7.05 Å². The molecule has 136 valence electrons. The van der Waals surface area contributed by atoms with Crippen LogP contribution in [-0.2, 0) is 14.6 Å². The van der Waals surface area contributed by atoms with Gasteiger partial charge >= 0.3 is 0 Å². The average Bonchev–Trinajstić information content (AvgIpc) is 2.55. The summed E-state index contributed by atoms with van der Waals surface area (Å²) < 4.78 is 27.3. The molecule has 0 aliphatic rings. The van der Waals surface area contributed by atoms with E-state index in [9.17, 15) is 8.42 Å². The fourth-order valence-electron chi connectivity index (χ4n) is 2.13. The van der Waals surface area contributed by atoms with Gasteiger partial charge in [0.25, 0.3) is 0 Å². The molecule has 6 nitrogen and oxygen atoms in total. The Bertz CT molecular complexity index is 603. The third-order valence-electron chi connectivity index (χ3n) is 3.80. The van der Waals surface area contributed by atoms with Crippen molar-refractivity contribution in [3.63, 3.8) is 0 Å². The number of nitrogens with zero attached hydrogens (tertiary/aromatic N) is 1. The fraction of sp³-hybridized carbons (Fsp3) is 0.588. The quantitative estimate of drug-likeness (QED) is 0.398.